The average Bonchev–Trinajstić information content (AvgIpc) is 2.97. The standard InChI is InChI=1S/C17H17N5O2/c1-21(2)17(24)12-6-5-7-13(10-12)18-16(23)11-22-15-9-4-3-8-14(15)19-20-22/h3-10H,11H2,1-2H3,(H,18,23). The first kappa shape index (κ1) is 15.7. The number of hydrogen-bond donors (Lipinski definition) is 1. The summed E-state index contributed by atoms with van der Waals surface area (Å²) in [4.78, 5) is 25.7. The summed E-state index contributed by atoms with van der Waals surface area (Å²) in [6.07, 6.45) is 0. The van der Waals surface area contributed by atoms with E-state index in [-0.39, 0.29) is 18.4 Å². The second-order valence-corrected chi connectivity index (χ2v) is 5.56. The van der Waals surface area contributed by atoms with Gasteiger partial charge in [0.25, 0.3) is 5.91 Å². The summed E-state index contributed by atoms with van der Waals surface area (Å²) in [5.74, 6) is -0.353. The Hall–Kier alpha value is -3.22. The van der Waals surface area contributed by atoms with Crippen LogP contribution in [0, 0.1) is 0 Å². The Morgan fingerprint density at radius 2 is 1.92 bits per heavy atom. The lowest BCUT2D eigenvalue weighted by molar-refractivity contribution is -0.116. The number of amides is 2. The molecule has 7 nitrogen and oxygen atoms in total. The highest BCUT2D eigenvalue weighted by Gasteiger charge is 2.11. The molecule has 0 spiro atoms. The van der Waals surface area contributed by atoms with Gasteiger partial charge in [0.15, 0.2) is 0 Å². The number of hydrogen-bond acceptors (Lipinski definition) is 4. The number of fused-ring (bicyclic) bond motifs is 1. The Morgan fingerprint density at radius 1 is 1.12 bits per heavy atom. The Bertz CT molecular complexity index is 901. The second kappa shape index (κ2) is 6.49. The monoisotopic (exact) mass is 323 g/mol. The summed E-state index contributed by atoms with van der Waals surface area (Å²) in [5, 5.41) is 10.8. The zero-order chi connectivity index (χ0) is 17.1. The van der Waals surface area contributed by atoms with Crippen molar-refractivity contribution < 1.29 is 9.59 Å². The van der Waals surface area contributed by atoms with Crippen LogP contribution >= 0.6 is 0 Å². The van der Waals surface area contributed by atoms with E-state index in [0.29, 0.717) is 11.3 Å². The van der Waals surface area contributed by atoms with Crippen LogP contribution in [0.15, 0.2) is 48.5 Å². The Morgan fingerprint density at radius 3 is 2.71 bits per heavy atom. The van der Waals surface area contributed by atoms with Crippen molar-refractivity contribution >= 4 is 28.5 Å². The molecule has 0 aliphatic carbocycles. The van der Waals surface area contributed by atoms with Gasteiger partial charge in [-0.1, -0.05) is 23.4 Å². The lowest BCUT2D eigenvalue weighted by Crippen LogP contribution is -2.22. The van der Waals surface area contributed by atoms with Crippen LogP contribution in [0.5, 0.6) is 0 Å². The van der Waals surface area contributed by atoms with Gasteiger partial charge in [-0.2, -0.15) is 0 Å². The fourth-order valence-corrected chi connectivity index (χ4v) is 2.36. The van der Waals surface area contributed by atoms with E-state index in [4.69, 9.17) is 0 Å². The summed E-state index contributed by atoms with van der Waals surface area (Å²) in [7, 11) is 3.37. The second-order valence-electron chi connectivity index (χ2n) is 5.56. The molecule has 0 aliphatic heterocycles. The van der Waals surface area contributed by atoms with E-state index in [0.717, 1.165) is 11.0 Å². The average molecular weight is 323 g/mol. The van der Waals surface area contributed by atoms with Crippen molar-refractivity contribution in [1.82, 2.24) is 19.9 Å². The van der Waals surface area contributed by atoms with Gasteiger partial charge in [-0.05, 0) is 30.3 Å². The van der Waals surface area contributed by atoms with Crippen LogP contribution in [0.3, 0.4) is 0 Å². The maximum Gasteiger partial charge on any atom is 0.253 e. The summed E-state index contributed by atoms with van der Waals surface area (Å²) in [6, 6.07) is 14.3. The number of nitrogens with one attached hydrogen (secondary N) is 1. The van der Waals surface area contributed by atoms with Crippen molar-refractivity contribution in [2.45, 2.75) is 6.54 Å². The topological polar surface area (TPSA) is 80.1 Å². The molecular formula is C17H17N5O2. The van der Waals surface area contributed by atoms with Crippen molar-refractivity contribution in [2.24, 2.45) is 0 Å². The maximum absolute atomic E-state index is 12.2. The molecule has 0 saturated heterocycles. The minimum Gasteiger partial charge on any atom is -0.345 e. The molecule has 24 heavy (non-hydrogen) atoms. The van der Waals surface area contributed by atoms with Gasteiger partial charge in [0.2, 0.25) is 5.91 Å². The van der Waals surface area contributed by atoms with E-state index >= 15 is 0 Å². The molecule has 2 aromatic carbocycles. The molecule has 2 amide bonds. The molecule has 0 unspecified atom stereocenters. The highest BCUT2D eigenvalue weighted by Crippen LogP contribution is 2.13. The lowest BCUT2D eigenvalue weighted by atomic mass is 10.2. The molecule has 0 bridgehead atoms. The molecule has 1 heterocycles. The van der Waals surface area contributed by atoms with Crippen LogP contribution in [0.1, 0.15) is 10.4 Å². The normalized spacial score (nSPS) is 10.6. The lowest BCUT2D eigenvalue weighted by Gasteiger charge is -2.11. The zero-order valence-electron chi connectivity index (χ0n) is 13.4. The number of aromatic nitrogens is 3. The third kappa shape index (κ3) is 3.24. The van der Waals surface area contributed by atoms with Crippen molar-refractivity contribution in [2.75, 3.05) is 19.4 Å². The number of para-hydroxylation sites is 1. The molecule has 0 atom stereocenters. The fraction of sp³-hybridized carbons (Fsp3) is 0.176. The third-order valence-corrected chi connectivity index (χ3v) is 3.51. The van der Waals surface area contributed by atoms with Gasteiger partial charge in [-0.3, -0.25) is 9.59 Å². The van der Waals surface area contributed by atoms with E-state index < -0.39 is 0 Å². The Kier molecular flexibility index (Phi) is 4.24. The first-order valence-electron chi connectivity index (χ1n) is 7.44. The number of benzene rings is 2. The Balaban J connectivity index is 1.73. The van der Waals surface area contributed by atoms with Gasteiger partial charge < -0.3 is 10.2 Å². The van der Waals surface area contributed by atoms with Crippen LogP contribution in [-0.4, -0.2) is 45.8 Å². The highest BCUT2D eigenvalue weighted by molar-refractivity contribution is 5.97. The molecule has 3 aromatic rings. The predicted octanol–water partition coefficient (Wildman–Crippen LogP) is 1.77. The van der Waals surface area contributed by atoms with Crippen LogP contribution in [0.2, 0.25) is 0 Å². The molecule has 3 rings (SSSR count). The van der Waals surface area contributed by atoms with E-state index in [9.17, 15) is 9.59 Å². The van der Waals surface area contributed by atoms with Gasteiger partial charge in [0, 0.05) is 25.3 Å². The minimum absolute atomic E-state index is 0.0480. The van der Waals surface area contributed by atoms with Crippen molar-refractivity contribution in [3.63, 3.8) is 0 Å². The summed E-state index contributed by atoms with van der Waals surface area (Å²) >= 11 is 0. The number of carbonyl (C=O) groups is 2. The molecule has 0 aliphatic rings. The first-order valence-corrected chi connectivity index (χ1v) is 7.44. The number of anilines is 1. The molecule has 1 N–H and O–H groups in total. The van der Waals surface area contributed by atoms with E-state index in [1.807, 2.05) is 24.3 Å². The summed E-state index contributed by atoms with van der Waals surface area (Å²) in [6.45, 7) is 0.0480. The van der Waals surface area contributed by atoms with Crippen molar-refractivity contribution in [3.8, 4) is 0 Å². The fourth-order valence-electron chi connectivity index (χ4n) is 2.36. The van der Waals surface area contributed by atoms with Crippen LogP contribution < -0.4 is 5.32 Å². The predicted molar refractivity (Wildman–Crippen MR) is 90.6 cm³/mol. The SMILES string of the molecule is CN(C)C(=O)c1cccc(NC(=O)Cn2nnc3ccccc32)c1. The largest absolute Gasteiger partial charge is 0.345 e. The van der Waals surface area contributed by atoms with Gasteiger partial charge in [-0.25, -0.2) is 4.68 Å². The molecule has 1 aromatic heterocycles. The van der Waals surface area contributed by atoms with E-state index in [2.05, 4.69) is 15.6 Å². The van der Waals surface area contributed by atoms with Gasteiger partial charge in [0.1, 0.15) is 12.1 Å². The summed E-state index contributed by atoms with van der Waals surface area (Å²) < 4.78 is 1.54. The first-order chi connectivity index (χ1) is 11.5. The number of rotatable bonds is 4. The molecular weight excluding hydrogens is 306 g/mol. The van der Waals surface area contributed by atoms with Crippen molar-refractivity contribution in [3.05, 3.63) is 54.1 Å². The van der Waals surface area contributed by atoms with Gasteiger partial charge >= 0.3 is 0 Å². The molecule has 122 valence electrons. The van der Waals surface area contributed by atoms with Gasteiger partial charge in [0.05, 0.1) is 5.52 Å². The Labute approximate surface area is 138 Å². The summed E-state index contributed by atoms with van der Waals surface area (Å²) in [5.41, 5.74) is 2.62. The smallest absolute Gasteiger partial charge is 0.253 e. The van der Waals surface area contributed by atoms with E-state index in [1.165, 1.54) is 4.90 Å². The molecule has 0 saturated carbocycles. The number of carbonyl (C=O) groups excluding carboxylic acids is 2. The quantitative estimate of drug-likeness (QED) is 0.793. The van der Waals surface area contributed by atoms with E-state index in [1.54, 1.807) is 43.0 Å². The molecule has 7 heteroatoms. The number of nitrogens with zero attached hydrogens (tertiary/aromatic N) is 4. The van der Waals surface area contributed by atoms with Crippen LogP contribution in [-0.2, 0) is 11.3 Å². The third-order valence-electron chi connectivity index (χ3n) is 3.51. The molecule has 0 radical (unpaired) electrons. The van der Waals surface area contributed by atoms with Crippen molar-refractivity contribution in [1.29, 1.82) is 0 Å². The van der Waals surface area contributed by atoms with Crippen LogP contribution in [0.25, 0.3) is 11.0 Å². The zero-order valence-corrected chi connectivity index (χ0v) is 13.4. The minimum atomic E-state index is -0.236. The van der Waals surface area contributed by atoms with Gasteiger partial charge in [-0.15, -0.1) is 5.10 Å². The molecule has 0 fully saturated rings. The van der Waals surface area contributed by atoms with Crippen LogP contribution in [0.4, 0.5) is 5.69 Å². The maximum atomic E-state index is 12.2. The highest BCUT2D eigenvalue weighted by atomic mass is 16.2.